The Balaban J connectivity index is 1.87. The van der Waals surface area contributed by atoms with E-state index in [-0.39, 0.29) is 22.1 Å². The molecule has 162 valence electrons. The fourth-order valence-corrected chi connectivity index (χ4v) is 5.52. The molecule has 3 rings (SSSR count). The van der Waals surface area contributed by atoms with Gasteiger partial charge in [0.25, 0.3) is 10.0 Å². The zero-order valence-corrected chi connectivity index (χ0v) is 18.9. The van der Waals surface area contributed by atoms with Gasteiger partial charge in [0.1, 0.15) is 16.3 Å². The number of hydrogen-bond acceptors (Lipinski definition) is 5. The second kappa shape index (κ2) is 8.81. The summed E-state index contributed by atoms with van der Waals surface area (Å²) in [5.41, 5.74) is -0.582. The second-order valence-electron chi connectivity index (χ2n) is 8.12. The first-order valence-electron chi connectivity index (χ1n) is 9.77. The molecule has 1 aromatic carbocycles. The van der Waals surface area contributed by atoms with Gasteiger partial charge in [-0.2, -0.15) is 0 Å². The van der Waals surface area contributed by atoms with Crippen LogP contribution in [-0.2, 0) is 14.8 Å². The normalized spacial score (nSPS) is 15.7. The number of halogens is 1. The van der Waals surface area contributed by atoms with E-state index in [0.717, 1.165) is 0 Å². The first-order valence-corrected chi connectivity index (χ1v) is 11.6. The molecule has 0 unspecified atom stereocenters. The number of carbonyl (C=O) groups is 1. The van der Waals surface area contributed by atoms with Crippen LogP contribution in [0.4, 0.5) is 10.6 Å². The third kappa shape index (κ3) is 5.05. The van der Waals surface area contributed by atoms with Gasteiger partial charge in [0.15, 0.2) is 0 Å². The van der Waals surface area contributed by atoms with E-state index >= 15 is 0 Å². The van der Waals surface area contributed by atoms with E-state index in [9.17, 15) is 13.2 Å². The highest BCUT2D eigenvalue weighted by atomic mass is 35.5. The van der Waals surface area contributed by atoms with Gasteiger partial charge in [-0.3, -0.25) is 0 Å². The van der Waals surface area contributed by atoms with Crippen molar-refractivity contribution in [2.24, 2.45) is 0 Å². The van der Waals surface area contributed by atoms with Crippen molar-refractivity contribution in [2.75, 3.05) is 17.4 Å². The van der Waals surface area contributed by atoms with Crippen LogP contribution in [0.2, 0.25) is 5.02 Å². The highest BCUT2D eigenvalue weighted by molar-refractivity contribution is 7.93. The van der Waals surface area contributed by atoms with Gasteiger partial charge in [-0.25, -0.2) is 22.5 Å². The number of carbonyl (C=O) groups excluding carboxylic acids is 1. The lowest BCUT2D eigenvalue weighted by Crippen LogP contribution is -2.50. The Kier molecular flexibility index (Phi) is 6.57. The number of hydrogen-bond donors (Lipinski definition) is 0. The van der Waals surface area contributed by atoms with Crippen LogP contribution in [0.25, 0.3) is 0 Å². The van der Waals surface area contributed by atoms with E-state index in [1.165, 1.54) is 10.4 Å². The molecule has 0 saturated carbocycles. The second-order valence-corrected chi connectivity index (χ2v) is 10.3. The molecule has 1 fully saturated rings. The van der Waals surface area contributed by atoms with Gasteiger partial charge < -0.3 is 9.64 Å². The Hall–Kier alpha value is -2.32. The molecule has 2 heterocycles. The lowest BCUT2D eigenvalue weighted by Gasteiger charge is -2.38. The number of likely N-dealkylation sites (tertiary alicyclic amines) is 1. The lowest BCUT2D eigenvalue weighted by atomic mass is 10.1. The van der Waals surface area contributed by atoms with Crippen molar-refractivity contribution in [3.8, 4) is 0 Å². The van der Waals surface area contributed by atoms with Crippen molar-refractivity contribution in [3.63, 3.8) is 0 Å². The molecule has 9 heteroatoms. The monoisotopic (exact) mass is 451 g/mol. The summed E-state index contributed by atoms with van der Waals surface area (Å²) in [6.45, 7) is 6.23. The molecule has 2 aromatic rings. The largest absolute Gasteiger partial charge is 0.444 e. The van der Waals surface area contributed by atoms with Crippen molar-refractivity contribution in [1.82, 2.24) is 9.88 Å². The molecule has 0 aliphatic carbocycles. The first kappa shape index (κ1) is 22.4. The van der Waals surface area contributed by atoms with Crippen molar-refractivity contribution < 1.29 is 17.9 Å². The molecule has 1 aliphatic heterocycles. The highest BCUT2D eigenvalue weighted by Crippen LogP contribution is 2.32. The summed E-state index contributed by atoms with van der Waals surface area (Å²) < 4.78 is 33.9. The van der Waals surface area contributed by atoms with Crippen molar-refractivity contribution in [3.05, 3.63) is 53.7 Å². The van der Waals surface area contributed by atoms with Gasteiger partial charge >= 0.3 is 6.09 Å². The fourth-order valence-electron chi connectivity index (χ4n) is 3.36. The van der Waals surface area contributed by atoms with E-state index in [2.05, 4.69) is 4.98 Å². The third-order valence-corrected chi connectivity index (χ3v) is 7.05. The van der Waals surface area contributed by atoms with E-state index in [0.29, 0.717) is 31.7 Å². The van der Waals surface area contributed by atoms with Gasteiger partial charge in [-0.1, -0.05) is 29.8 Å². The molecule has 1 amide bonds. The van der Waals surface area contributed by atoms with E-state index in [1.807, 2.05) is 20.8 Å². The number of nitrogens with zero attached hydrogens (tertiary/aromatic N) is 3. The SMILES string of the molecule is CC(C)(C)OC(=O)N1CCC(N(c2ccccn2)S(=O)(=O)c2ccccc2Cl)CC1. The van der Waals surface area contributed by atoms with Gasteiger partial charge in [-0.05, 0) is 57.9 Å². The molecule has 1 aromatic heterocycles. The quantitative estimate of drug-likeness (QED) is 0.691. The summed E-state index contributed by atoms with van der Waals surface area (Å²) in [4.78, 5) is 18.3. The Morgan fingerprint density at radius 2 is 1.77 bits per heavy atom. The number of anilines is 1. The minimum atomic E-state index is -3.95. The number of piperidine rings is 1. The average molecular weight is 452 g/mol. The minimum absolute atomic E-state index is 0.0342. The molecule has 1 aliphatic rings. The topological polar surface area (TPSA) is 79.8 Å². The molecule has 7 nitrogen and oxygen atoms in total. The smallest absolute Gasteiger partial charge is 0.410 e. The molecule has 0 N–H and O–H groups in total. The van der Waals surface area contributed by atoms with Gasteiger partial charge in [-0.15, -0.1) is 0 Å². The first-order chi connectivity index (χ1) is 14.1. The molecule has 0 bridgehead atoms. The van der Waals surface area contributed by atoms with Crippen LogP contribution in [0.1, 0.15) is 33.6 Å². The summed E-state index contributed by atoms with van der Waals surface area (Å²) in [5.74, 6) is 0.327. The Labute approximate surface area is 182 Å². The van der Waals surface area contributed by atoms with Gasteiger partial charge in [0.05, 0.1) is 11.1 Å². The highest BCUT2D eigenvalue weighted by Gasteiger charge is 2.37. The predicted molar refractivity (Wildman–Crippen MR) is 116 cm³/mol. The number of pyridine rings is 1. The fraction of sp³-hybridized carbons (Fsp3) is 0.429. The Bertz CT molecular complexity index is 985. The standard InChI is InChI=1S/C21H26ClN3O4S/c1-21(2,3)29-20(26)24-14-11-16(12-15-24)25(19-10-6-7-13-23-19)30(27,28)18-9-5-4-8-17(18)22/h4-10,13,16H,11-12,14-15H2,1-3H3. The predicted octanol–water partition coefficient (Wildman–Crippen LogP) is 4.33. The van der Waals surface area contributed by atoms with Crippen LogP contribution in [0, 0.1) is 0 Å². The molecule has 30 heavy (non-hydrogen) atoms. The van der Waals surface area contributed by atoms with Crippen LogP contribution in [0.3, 0.4) is 0 Å². The van der Waals surface area contributed by atoms with Crippen LogP contribution in [0.15, 0.2) is 53.6 Å². The molecular formula is C21H26ClN3O4S. The van der Waals surface area contributed by atoms with Crippen molar-refractivity contribution in [2.45, 2.75) is 50.2 Å². The van der Waals surface area contributed by atoms with Gasteiger partial charge in [0.2, 0.25) is 0 Å². The van der Waals surface area contributed by atoms with Gasteiger partial charge in [0, 0.05) is 19.3 Å². The maximum Gasteiger partial charge on any atom is 0.410 e. The molecule has 0 radical (unpaired) electrons. The number of aromatic nitrogens is 1. The Morgan fingerprint density at radius 1 is 1.13 bits per heavy atom. The zero-order valence-electron chi connectivity index (χ0n) is 17.3. The van der Waals surface area contributed by atoms with E-state index < -0.39 is 15.6 Å². The van der Waals surface area contributed by atoms with E-state index in [1.54, 1.807) is 47.5 Å². The maximum absolute atomic E-state index is 13.6. The zero-order chi connectivity index (χ0) is 21.9. The van der Waals surface area contributed by atoms with E-state index in [4.69, 9.17) is 16.3 Å². The van der Waals surface area contributed by atoms with Crippen LogP contribution in [0.5, 0.6) is 0 Å². The third-order valence-electron chi connectivity index (χ3n) is 4.70. The summed E-state index contributed by atoms with van der Waals surface area (Å²) in [6.07, 6.45) is 2.08. The maximum atomic E-state index is 13.6. The number of rotatable bonds is 4. The number of ether oxygens (including phenoxy) is 1. The lowest BCUT2D eigenvalue weighted by molar-refractivity contribution is 0.0207. The summed E-state index contributed by atoms with van der Waals surface area (Å²) >= 11 is 6.21. The molecule has 1 saturated heterocycles. The summed E-state index contributed by atoms with van der Waals surface area (Å²) in [6, 6.07) is 11.1. The number of amides is 1. The number of benzene rings is 1. The molecular weight excluding hydrogens is 426 g/mol. The van der Waals surface area contributed by atoms with Crippen LogP contribution in [-0.4, -0.2) is 49.1 Å². The summed E-state index contributed by atoms with van der Waals surface area (Å²) in [5, 5.41) is 0.157. The van der Waals surface area contributed by atoms with Crippen molar-refractivity contribution in [1.29, 1.82) is 0 Å². The molecule has 0 atom stereocenters. The average Bonchev–Trinajstić information content (AvgIpc) is 2.68. The molecule has 0 spiro atoms. The number of sulfonamides is 1. The van der Waals surface area contributed by atoms with Crippen LogP contribution < -0.4 is 4.31 Å². The Morgan fingerprint density at radius 3 is 2.33 bits per heavy atom. The van der Waals surface area contributed by atoms with Crippen molar-refractivity contribution >= 4 is 33.5 Å². The summed E-state index contributed by atoms with van der Waals surface area (Å²) in [7, 11) is -3.95. The van der Waals surface area contributed by atoms with Crippen LogP contribution >= 0.6 is 11.6 Å². The minimum Gasteiger partial charge on any atom is -0.444 e.